The van der Waals surface area contributed by atoms with Gasteiger partial charge in [0.2, 0.25) is 0 Å². The molecular formula is C28H29F2N5O2. The molecule has 0 radical (unpaired) electrons. The number of alkyl halides is 2. The van der Waals surface area contributed by atoms with E-state index in [9.17, 15) is 18.4 Å². The van der Waals surface area contributed by atoms with Crippen LogP contribution in [0.15, 0.2) is 79.3 Å². The zero-order chi connectivity index (χ0) is 26.6. The summed E-state index contributed by atoms with van der Waals surface area (Å²) in [7, 11) is 3.42. The Bertz CT molecular complexity index is 1280. The number of amides is 2. The van der Waals surface area contributed by atoms with Crippen LogP contribution in [0.4, 0.5) is 20.3 Å². The second kappa shape index (κ2) is 10.8. The first-order valence-corrected chi connectivity index (χ1v) is 11.9. The average Bonchev–Trinajstić information content (AvgIpc) is 2.88. The third-order valence-corrected chi connectivity index (χ3v) is 6.14. The van der Waals surface area contributed by atoms with E-state index in [0.29, 0.717) is 28.5 Å². The van der Waals surface area contributed by atoms with Crippen LogP contribution in [0.25, 0.3) is 11.1 Å². The number of rotatable bonds is 7. The highest BCUT2D eigenvalue weighted by Gasteiger charge is 2.35. The Hall–Kier alpha value is -4.27. The molecule has 1 aliphatic heterocycles. The third kappa shape index (κ3) is 6.30. The summed E-state index contributed by atoms with van der Waals surface area (Å²) in [5.41, 5.74) is 3.46. The molecule has 0 bridgehead atoms. The molecule has 9 heteroatoms. The zero-order valence-electron chi connectivity index (χ0n) is 20.8. The molecule has 0 saturated carbocycles. The number of anilines is 2. The number of aromatic nitrogens is 1. The Labute approximate surface area is 214 Å². The molecule has 37 heavy (non-hydrogen) atoms. The largest absolute Gasteiger partial charge is 0.345 e. The van der Waals surface area contributed by atoms with Gasteiger partial charge in [0.25, 0.3) is 17.7 Å². The van der Waals surface area contributed by atoms with Gasteiger partial charge in [0.05, 0.1) is 0 Å². The minimum absolute atomic E-state index is 0.0493. The maximum absolute atomic E-state index is 13.4. The topological polar surface area (TPSA) is 77.6 Å². The van der Waals surface area contributed by atoms with Crippen molar-refractivity contribution in [1.29, 1.82) is 0 Å². The molecule has 2 heterocycles. The highest BCUT2D eigenvalue weighted by Crippen LogP contribution is 2.29. The Morgan fingerprint density at radius 2 is 1.57 bits per heavy atom. The minimum atomic E-state index is -2.69. The number of nitrogens with zero attached hydrogens (tertiary/aromatic N) is 3. The molecule has 7 nitrogen and oxygen atoms in total. The Morgan fingerprint density at radius 3 is 2.19 bits per heavy atom. The van der Waals surface area contributed by atoms with Crippen LogP contribution in [0, 0.1) is 0 Å². The second-order valence-electron chi connectivity index (χ2n) is 9.13. The summed E-state index contributed by atoms with van der Waals surface area (Å²) in [4.78, 5) is 32.2. The van der Waals surface area contributed by atoms with Crippen molar-refractivity contribution in [2.24, 2.45) is 0 Å². The minimum Gasteiger partial charge on any atom is -0.345 e. The lowest BCUT2D eigenvalue weighted by Crippen LogP contribution is -2.42. The van der Waals surface area contributed by atoms with Crippen LogP contribution in [0.5, 0.6) is 0 Å². The van der Waals surface area contributed by atoms with E-state index in [1.54, 1.807) is 56.7 Å². The fraction of sp³-hybridized carbons (Fsp3) is 0.250. The molecule has 0 unspecified atom stereocenters. The van der Waals surface area contributed by atoms with Crippen molar-refractivity contribution in [2.75, 3.05) is 37.8 Å². The quantitative estimate of drug-likeness (QED) is 0.455. The van der Waals surface area contributed by atoms with Crippen molar-refractivity contribution in [1.82, 2.24) is 14.8 Å². The van der Waals surface area contributed by atoms with E-state index in [0.717, 1.165) is 11.1 Å². The van der Waals surface area contributed by atoms with E-state index in [4.69, 9.17) is 0 Å². The van der Waals surface area contributed by atoms with E-state index in [-0.39, 0.29) is 37.7 Å². The molecule has 2 N–H and O–H groups in total. The highest BCUT2D eigenvalue weighted by atomic mass is 19.3. The number of hydrogen-bond acceptors (Lipinski definition) is 5. The van der Waals surface area contributed by atoms with E-state index < -0.39 is 5.92 Å². The zero-order valence-corrected chi connectivity index (χ0v) is 20.8. The second-order valence-corrected chi connectivity index (χ2v) is 9.13. The molecule has 0 atom stereocenters. The van der Waals surface area contributed by atoms with Crippen LogP contribution in [0.2, 0.25) is 0 Å². The molecule has 192 valence electrons. The first kappa shape index (κ1) is 25.8. The normalized spacial score (nSPS) is 14.5. The van der Waals surface area contributed by atoms with Crippen LogP contribution < -0.4 is 10.6 Å². The van der Waals surface area contributed by atoms with Crippen molar-refractivity contribution in [3.8, 4) is 11.1 Å². The summed E-state index contributed by atoms with van der Waals surface area (Å²) in [6, 6.07) is 17.8. The number of piperidine rings is 1. The van der Waals surface area contributed by atoms with Crippen LogP contribution in [-0.4, -0.2) is 59.7 Å². The standard InChI is InChI=1S/C28H29F2N5O2/c1-19(32-23-12-10-22(11-13-23)27(37)35-17-14-28(29,30)15-18-35)33-25-24(5-4-16-31-25)20-6-8-21(9-7-20)26(36)34(2)3/h4-13,16,32H,1,14-15,17-18H2,2-3H3,(H,31,33). The smallest absolute Gasteiger partial charge is 0.253 e. The summed E-state index contributed by atoms with van der Waals surface area (Å²) < 4.78 is 26.8. The summed E-state index contributed by atoms with van der Waals surface area (Å²) in [6.07, 6.45) is 1.05. The molecule has 0 spiro atoms. The summed E-state index contributed by atoms with van der Waals surface area (Å²) >= 11 is 0. The number of hydrogen-bond donors (Lipinski definition) is 2. The van der Waals surface area contributed by atoms with Gasteiger partial charge >= 0.3 is 0 Å². The maximum Gasteiger partial charge on any atom is 0.253 e. The number of pyridine rings is 1. The number of carbonyl (C=O) groups excluding carboxylic acids is 2. The molecule has 3 aromatic rings. The lowest BCUT2D eigenvalue weighted by Gasteiger charge is -2.31. The van der Waals surface area contributed by atoms with Crippen LogP contribution in [0.3, 0.4) is 0 Å². The molecular weight excluding hydrogens is 476 g/mol. The Morgan fingerprint density at radius 1 is 0.946 bits per heavy atom. The van der Waals surface area contributed by atoms with Crippen molar-refractivity contribution >= 4 is 23.3 Å². The van der Waals surface area contributed by atoms with Gasteiger partial charge in [0.1, 0.15) is 11.6 Å². The van der Waals surface area contributed by atoms with Gasteiger partial charge in [-0.25, -0.2) is 13.8 Å². The lowest BCUT2D eigenvalue weighted by atomic mass is 10.0. The number of carbonyl (C=O) groups is 2. The fourth-order valence-electron chi connectivity index (χ4n) is 4.05. The van der Waals surface area contributed by atoms with Gasteiger partial charge in [-0.15, -0.1) is 0 Å². The number of likely N-dealkylation sites (tertiary alicyclic amines) is 1. The van der Waals surface area contributed by atoms with Gasteiger partial charge in [0, 0.05) is 68.6 Å². The van der Waals surface area contributed by atoms with Crippen molar-refractivity contribution in [3.05, 3.63) is 90.4 Å². The maximum atomic E-state index is 13.4. The van der Waals surface area contributed by atoms with Gasteiger partial charge in [-0.3, -0.25) is 9.59 Å². The lowest BCUT2D eigenvalue weighted by molar-refractivity contribution is -0.0494. The van der Waals surface area contributed by atoms with Crippen LogP contribution in [0.1, 0.15) is 33.6 Å². The van der Waals surface area contributed by atoms with E-state index >= 15 is 0 Å². The predicted molar refractivity (Wildman–Crippen MR) is 141 cm³/mol. The van der Waals surface area contributed by atoms with Gasteiger partial charge < -0.3 is 20.4 Å². The molecule has 2 amide bonds. The number of nitrogens with one attached hydrogen (secondary N) is 2. The van der Waals surface area contributed by atoms with E-state index in [1.807, 2.05) is 24.3 Å². The first-order valence-electron chi connectivity index (χ1n) is 11.9. The summed E-state index contributed by atoms with van der Waals surface area (Å²) in [5, 5.41) is 6.31. The molecule has 2 aromatic carbocycles. The van der Waals surface area contributed by atoms with Crippen molar-refractivity contribution in [2.45, 2.75) is 18.8 Å². The average molecular weight is 506 g/mol. The van der Waals surface area contributed by atoms with Gasteiger partial charge in [-0.05, 0) is 54.1 Å². The monoisotopic (exact) mass is 505 g/mol. The molecule has 4 rings (SSSR count). The third-order valence-electron chi connectivity index (χ3n) is 6.14. The SMILES string of the molecule is C=C(Nc1ccc(C(=O)N2CCC(F)(F)CC2)cc1)Nc1ncccc1-c1ccc(C(=O)N(C)C)cc1. The van der Waals surface area contributed by atoms with Gasteiger partial charge in [-0.1, -0.05) is 18.7 Å². The van der Waals surface area contributed by atoms with Crippen molar-refractivity contribution < 1.29 is 18.4 Å². The summed E-state index contributed by atoms with van der Waals surface area (Å²) in [6.45, 7) is 4.12. The summed E-state index contributed by atoms with van der Waals surface area (Å²) in [5.74, 6) is -1.97. The van der Waals surface area contributed by atoms with Crippen molar-refractivity contribution in [3.63, 3.8) is 0 Å². The van der Waals surface area contributed by atoms with Gasteiger partial charge in [-0.2, -0.15) is 0 Å². The van der Waals surface area contributed by atoms with E-state index in [1.165, 1.54) is 9.80 Å². The van der Waals surface area contributed by atoms with Gasteiger partial charge in [0.15, 0.2) is 0 Å². The van der Waals surface area contributed by atoms with Crippen LogP contribution in [-0.2, 0) is 0 Å². The molecule has 1 fully saturated rings. The molecule has 1 aromatic heterocycles. The Kier molecular flexibility index (Phi) is 7.52. The highest BCUT2D eigenvalue weighted by molar-refractivity contribution is 5.95. The molecule has 1 aliphatic rings. The predicted octanol–water partition coefficient (Wildman–Crippen LogP) is 5.32. The number of benzene rings is 2. The number of halogens is 2. The molecule has 0 aliphatic carbocycles. The Balaban J connectivity index is 1.39. The molecule has 1 saturated heterocycles. The first-order chi connectivity index (χ1) is 17.6. The van der Waals surface area contributed by atoms with E-state index in [2.05, 4.69) is 22.2 Å². The fourth-order valence-corrected chi connectivity index (χ4v) is 4.05. The van der Waals surface area contributed by atoms with Crippen LogP contribution >= 0.6 is 0 Å².